The van der Waals surface area contributed by atoms with E-state index >= 15 is 0 Å². The predicted molar refractivity (Wildman–Crippen MR) is 79.2 cm³/mol. The van der Waals surface area contributed by atoms with E-state index in [0.29, 0.717) is 5.69 Å². The average molecular weight is 331 g/mol. The van der Waals surface area contributed by atoms with Crippen molar-refractivity contribution in [1.82, 2.24) is 9.80 Å². The van der Waals surface area contributed by atoms with Gasteiger partial charge in [0.2, 0.25) is 5.91 Å². The molecule has 0 unspecified atom stereocenters. The third-order valence-electron chi connectivity index (χ3n) is 2.90. The molecule has 3 N–H and O–H groups in total. The molecule has 1 heterocycles. The zero-order valence-electron chi connectivity index (χ0n) is 11.0. The van der Waals surface area contributed by atoms with Gasteiger partial charge in [0.1, 0.15) is 13.1 Å². The van der Waals surface area contributed by atoms with Gasteiger partial charge >= 0.3 is 6.03 Å². The van der Waals surface area contributed by atoms with E-state index in [-0.39, 0.29) is 28.8 Å². The van der Waals surface area contributed by atoms with E-state index in [2.05, 4.69) is 5.32 Å². The third kappa shape index (κ3) is 3.20. The van der Waals surface area contributed by atoms with Crippen LogP contribution >= 0.6 is 23.2 Å². The summed E-state index contributed by atoms with van der Waals surface area (Å²) < 4.78 is 0. The quantitative estimate of drug-likeness (QED) is 0.646. The molecular weight excluding hydrogens is 319 g/mol. The molecule has 0 atom stereocenters. The minimum Gasteiger partial charge on any atom is -0.396 e. The van der Waals surface area contributed by atoms with Gasteiger partial charge in [-0.2, -0.15) is 0 Å². The molecule has 1 aromatic rings. The fourth-order valence-electron chi connectivity index (χ4n) is 1.83. The summed E-state index contributed by atoms with van der Waals surface area (Å²) in [7, 11) is 1.48. The maximum absolute atomic E-state index is 11.9. The first-order chi connectivity index (χ1) is 9.79. The molecule has 0 aliphatic carbocycles. The van der Waals surface area contributed by atoms with Crippen molar-refractivity contribution in [2.24, 2.45) is 0 Å². The molecule has 0 radical (unpaired) electrons. The largest absolute Gasteiger partial charge is 0.396 e. The maximum Gasteiger partial charge on any atom is 0.327 e. The highest BCUT2D eigenvalue weighted by Crippen LogP contribution is 2.31. The summed E-state index contributed by atoms with van der Waals surface area (Å²) in [5.41, 5.74) is 6.13. The van der Waals surface area contributed by atoms with Gasteiger partial charge in [0, 0.05) is 12.7 Å². The van der Waals surface area contributed by atoms with Gasteiger partial charge in [-0.1, -0.05) is 23.2 Å². The van der Waals surface area contributed by atoms with Gasteiger partial charge in [-0.15, -0.1) is 0 Å². The molecule has 1 aliphatic rings. The van der Waals surface area contributed by atoms with E-state index in [1.54, 1.807) is 0 Å². The molecule has 21 heavy (non-hydrogen) atoms. The lowest BCUT2D eigenvalue weighted by Gasteiger charge is -2.14. The van der Waals surface area contributed by atoms with E-state index < -0.39 is 17.8 Å². The van der Waals surface area contributed by atoms with Gasteiger partial charge in [-0.25, -0.2) is 4.79 Å². The monoisotopic (exact) mass is 330 g/mol. The molecule has 1 fully saturated rings. The Hall–Kier alpha value is -1.99. The first kappa shape index (κ1) is 15.4. The minimum absolute atomic E-state index is 0.0361. The Balaban J connectivity index is 2.06. The number of benzene rings is 1. The van der Waals surface area contributed by atoms with E-state index in [0.717, 1.165) is 4.90 Å². The van der Waals surface area contributed by atoms with Gasteiger partial charge in [-0.05, 0) is 12.1 Å². The topological polar surface area (TPSA) is 95.7 Å². The number of likely N-dealkylation sites (N-methyl/N-ethyl adjacent to an activating group) is 1. The highest BCUT2D eigenvalue weighted by atomic mass is 35.5. The number of nitrogens with zero attached hydrogens (tertiary/aromatic N) is 2. The molecule has 0 bridgehead atoms. The Morgan fingerprint density at radius 2 is 1.90 bits per heavy atom. The Morgan fingerprint density at radius 3 is 2.38 bits per heavy atom. The van der Waals surface area contributed by atoms with Crippen molar-refractivity contribution in [2.75, 3.05) is 31.2 Å². The smallest absolute Gasteiger partial charge is 0.327 e. The van der Waals surface area contributed by atoms with E-state index in [1.165, 1.54) is 24.1 Å². The molecule has 2 rings (SSSR count). The zero-order chi connectivity index (χ0) is 15.7. The summed E-state index contributed by atoms with van der Waals surface area (Å²) in [5, 5.41) is 2.91. The molecular formula is C12H12Cl2N4O3. The lowest BCUT2D eigenvalue weighted by atomic mass is 10.2. The van der Waals surface area contributed by atoms with Crippen molar-refractivity contribution in [3.05, 3.63) is 22.2 Å². The molecule has 7 nitrogen and oxygen atoms in total. The van der Waals surface area contributed by atoms with Crippen molar-refractivity contribution in [3.63, 3.8) is 0 Å². The van der Waals surface area contributed by atoms with E-state index in [4.69, 9.17) is 28.9 Å². The number of rotatable bonds is 3. The van der Waals surface area contributed by atoms with Crippen LogP contribution in [0.2, 0.25) is 10.0 Å². The van der Waals surface area contributed by atoms with Crippen molar-refractivity contribution in [2.45, 2.75) is 0 Å². The van der Waals surface area contributed by atoms with Crippen LogP contribution < -0.4 is 11.1 Å². The summed E-state index contributed by atoms with van der Waals surface area (Å²) in [4.78, 5) is 37.2. The van der Waals surface area contributed by atoms with Gasteiger partial charge in [0.15, 0.2) is 0 Å². The minimum atomic E-state index is -0.538. The van der Waals surface area contributed by atoms with Crippen molar-refractivity contribution < 1.29 is 14.4 Å². The van der Waals surface area contributed by atoms with E-state index in [1.807, 2.05) is 0 Å². The van der Waals surface area contributed by atoms with Crippen LogP contribution in [0.4, 0.5) is 16.2 Å². The van der Waals surface area contributed by atoms with Crippen LogP contribution in [0.3, 0.4) is 0 Å². The van der Waals surface area contributed by atoms with Crippen LogP contribution in [0, 0.1) is 0 Å². The molecule has 4 amide bonds. The highest BCUT2D eigenvalue weighted by Gasteiger charge is 2.34. The maximum atomic E-state index is 11.9. The number of halogens is 2. The lowest BCUT2D eigenvalue weighted by molar-refractivity contribution is -0.129. The molecule has 1 saturated heterocycles. The fraction of sp³-hybridized carbons (Fsp3) is 0.250. The molecule has 0 spiro atoms. The fourth-order valence-corrected chi connectivity index (χ4v) is 2.31. The number of nitrogens with two attached hydrogens (primary N) is 1. The Labute approximate surface area is 130 Å². The number of nitrogens with one attached hydrogen (secondary N) is 1. The summed E-state index contributed by atoms with van der Waals surface area (Å²) in [6.45, 7) is -0.409. The molecule has 9 heteroatoms. The Bertz CT molecular complexity index is 612. The number of imide groups is 1. The van der Waals surface area contributed by atoms with Crippen LogP contribution in [0.5, 0.6) is 0 Å². The van der Waals surface area contributed by atoms with Crippen molar-refractivity contribution >= 4 is 52.4 Å². The summed E-state index contributed by atoms with van der Waals surface area (Å²) in [6.07, 6.45) is 0. The Kier molecular flexibility index (Phi) is 4.24. The van der Waals surface area contributed by atoms with Gasteiger partial charge in [0.25, 0.3) is 5.91 Å². The van der Waals surface area contributed by atoms with Gasteiger partial charge < -0.3 is 16.0 Å². The Morgan fingerprint density at radius 1 is 1.33 bits per heavy atom. The molecule has 1 aliphatic heterocycles. The van der Waals surface area contributed by atoms with Crippen LogP contribution in [-0.2, 0) is 9.59 Å². The third-order valence-corrected chi connectivity index (χ3v) is 3.52. The second kappa shape index (κ2) is 5.79. The second-order valence-electron chi connectivity index (χ2n) is 4.52. The molecule has 112 valence electrons. The van der Waals surface area contributed by atoms with Gasteiger partial charge in [-0.3, -0.25) is 14.5 Å². The van der Waals surface area contributed by atoms with Crippen LogP contribution in [0.15, 0.2) is 12.1 Å². The predicted octanol–water partition coefficient (Wildman–Crippen LogP) is 1.41. The van der Waals surface area contributed by atoms with Gasteiger partial charge in [0.05, 0.1) is 15.7 Å². The first-order valence-electron chi connectivity index (χ1n) is 5.89. The number of anilines is 2. The standard InChI is InChI=1S/C12H12Cl2N4O3/c1-17-5-10(20)18(12(17)21)4-9(19)16-6-2-7(13)11(15)8(14)3-6/h2-3H,4-5,15H2,1H3,(H,16,19). The van der Waals surface area contributed by atoms with Crippen LogP contribution in [-0.4, -0.2) is 47.8 Å². The summed E-state index contributed by atoms with van der Waals surface area (Å²) in [5.74, 6) is -0.963. The zero-order valence-corrected chi connectivity index (χ0v) is 12.5. The number of urea groups is 1. The number of hydrogen-bond acceptors (Lipinski definition) is 4. The second-order valence-corrected chi connectivity index (χ2v) is 5.33. The first-order valence-corrected chi connectivity index (χ1v) is 6.65. The SMILES string of the molecule is CN1CC(=O)N(CC(=O)Nc2cc(Cl)c(N)c(Cl)c2)C1=O. The molecule has 0 aromatic heterocycles. The number of amides is 4. The van der Waals surface area contributed by atoms with E-state index in [9.17, 15) is 14.4 Å². The normalized spacial score (nSPS) is 14.8. The molecule has 0 saturated carbocycles. The number of nitrogen functional groups attached to an aromatic ring is 1. The summed E-state index contributed by atoms with van der Waals surface area (Å²) >= 11 is 11.7. The molecule has 1 aromatic carbocycles. The van der Waals surface area contributed by atoms with Crippen molar-refractivity contribution in [1.29, 1.82) is 0 Å². The van der Waals surface area contributed by atoms with Crippen molar-refractivity contribution in [3.8, 4) is 0 Å². The lowest BCUT2D eigenvalue weighted by Crippen LogP contribution is -2.38. The number of hydrogen-bond donors (Lipinski definition) is 2. The van der Waals surface area contributed by atoms with Crippen LogP contribution in [0.1, 0.15) is 0 Å². The summed E-state index contributed by atoms with van der Waals surface area (Å²) in [6, 6.07) is 2.35. The average Bonchev–Trinajstić information content (AvgIpc) is 2.62. The number of carbonyl (C=O) groups is 3. The highest BCUT2D eigenvalue weighted by molar-refractivity contribution is 6.39. The number of carbonyl (C=O) groups excluding carboxylic acids is 3. The van der Waals surface area contributed by atoms with Crippen LogP contribution in [0.25, 0.3) is 0 Å².